The molecule has 1 saturated heterocycles. The van der Waals surface area contributed by atoms with E-state index in [9.17, 15) is 19.3 Å². The monoisotopic (exact) mass is 338 g/mol. The van der Waals surface area contributed by atoms with Gasteiger partial charge in [0.05, 0.1) is 11.0 Å². The van der Waals surface area contributed by atoms with E-state index in [1.165, 1.54) is 12.1 Å². The Labute approximate surface area is 140 Å². The van der Waals surface area contributed by atoms with Crippen LogP contribution in [0.3, 0.4) is 0 Å². The molecule has 1 unspecified atom stereocenters. The van der Waals surface area contributed by atoms with Crippen LogP contribution in [-0.4, -0.2) is 41.4 Å². The van der Waals surface area contributed by atoms with Crippen LogP contribution in [0.1, 0.15) is 31.2 Å². The number of non-ortho nitro benzene ring substituents is 1. The van der Waals surface area contributed by atoms with Crippen LogP contribution in [0.2, 0.25) is 0 Å². The number of likely N-dealkylation sites (tertiary alicyclic amines) is 1. The smallest absolute Gasteiger partial charge is 0.272 e. The zero-order valence-electron chi connectivity index (χ0n) is 13.5. The van der Waals surface area contributed by atoms with Crippen molar-refractivity contribution in [2.45, 2.75) is 38.3 Å². The summed E-state index contributed by atoms with van der Waals surface area (Å²) in [5.74, 6) is -0.648. The van der Waals surface area contributed by atoms with E-state index in [0.717, 1.165) is 31.9 Å². The van der Waals surface area contributed by atoms with Crippen molar-refractivity contribution in [1.82, 2.24) is 10.2 Å². The molecule has 3 N–H and O–H groups in total. The maximum absolute atomic E-state index is 14.1. The minimum absolute atomic E-state index is 0.0791. The maximum atomic E-state index is 14.1. The molecule has 1 heterocycles. The van der Waals surface area contributed by atoms with Crippen LogP contribution >= 0.6 is 0 Å². The molecule has 7 nitrogen and oxygen atoms in total. The summed E-state index contributed by atoms with van der Waals surface area (Å²) in [6.45, 7) is 2.01. The fourth-order valence-corrected chi connectivity index (χ4v) is 2.95. The number of piperidine rings is 1. The quantitative estimate of drug-likeness (QED) is 0.580. The molecule has 1 amide bonds. The molecular formula is C16H23FN4O3. The van der Waals surface area contributed by atoms with Gasteiger partial charge < -0.3 is 11.1 Å². The average molecular weight is 338 g/mol. The van der Waals surface area contributed by atoms with Crippen molar-refractivity contribution in [2.75, 3.05) is 19.6 Å². The van der Waals surface area contributed by atoms with Gasteiger partial charge in [-0.1, -0.05) is 6.42 Å². The molecule has 0 bridgehead atoms. The molecule has 1 aliphatic rings. The molecule has 132 valence electrons. The number of carbonyl (C=O) groups is 1. The van der Waals surface area contributed by atoms with Gasteiger partial charge in [-0.15, -0.1) is 0 Å². The Morgan fingerprint density at radius 3 is 2.92 bits per heavy atom. The Bertz CT molecular complexity index is 597. The summed E-state index contributed by atoms with van der Waals surface area (Å²) in [7, 11) is 0. The Kier molecular flexibility index (Phi) is 6.62. The maximum Gasteiger partial charge on any atom is 0.272 e. The highest BCUT2D eigenvalue weighted by molar-refractivity contribution is 5.76. The molecule has 1 fully saturated rings. The van der Waals surface area contributed by atoms with Crippen LogP contribution in [0.5, 0.6) is 0 Å². The van der Waals surface area contributed by atoms with Crippen LogP contribution in [0.4, 0.5) is 10.1 Å². The standard InChI is InChI=1S/C16H23FN4O3/c17-15-9-13(21(23)24)5-4-12(15)11-20-8-2-1-3-14(20)10-19-16(22)6-7-18/h4-5,9,14H,1-3,6-8,10-11,18H2,(H,19,22). The van der Waals surface area contributed by atoms with E-state index in [1.54, 1.807) is 0 Å². The van der Waals surface area contributed by atoms with E-state index in [4.69, 9.17) is 5.73 Å². The van der Waals surface area contributed by atoms with Crippen LogP contribution < -0.4 is 11.1 Å². The molecule has 0 radical (unpaired) electrons. The normalized spacial score (nSPS) is 18.3. The van der Waals surface area contributed by atoms with Crippen molar-refractivity contribution in [3.05, 3.63) is 39.7 Å². The second-order valence-electron chi connectivity index (χ2n) is 6.00. The van der Waals surface area contributed by atoms with E-state index < -0.39 is 10.7 Å². The fourth-order valence-electron chi connectivity index (χ4n) is 2.95. The van der Waals surface area contributed by atoms with Crippen molar-refractivity contribution in [3.8, 4) is 0 Å². The van der Waals surface area contributed by atoms with Crippen molar-refractivity contribution in [3.63, 3.8) is 0 Å². The fraction of sp³-hybridized carbons (Fsp3) is 0.562. The van der Waals surface area contributed by atoms with Crippen molar-refractivity contribution < 1.29 is 14.1 Å². The van der Waals surface area contributed by atoms with Gasteiger partial charge in [0.1, 0.15) is 5.82 Å². The third-order valence-electron chi connectivity index (χ3n) is 4.28. The summed E-state index contributed by atoms with van der Waals surface area (Å²) in [6.07, 6.45) is 3.31. The minimum atomic E-state index is -0.608. The number of amides is 1. The first-order valence-electron chi connectivity index (χ1n) is 8.15. The lowest BCUT2D eigenvalue weighted by Gasteiger charge is -2.36. The Morgan fingerprint density at radius 1 is 1.46 bits per heavy atom. The van der Waals surface area contributed by atoms with Gasteiger partial charge >= 0.3 is 0 Å². The van der Waals surface area contributed by atoms with E-state index in [-0.39, 0.29) is 17.6 Å². The van der Waals surface area contributed by atoms with Gasteiger partial charge in [-0.05, 0) is 25.5 Å². The highest BCUT2D eigenvalue weighted by atomic mass is 19.1. The topological polar surface area (TPSA) is 102 Å². The number of nitrogens with two attached hydrogens (primary N) is 1. The Morgan fingerprint density at radius 2 is 2.25 bits per heavy atom. The van der Waals surface area contributed by atoms with Crippen LogP contribution in [0.25, 0.3) is 0 Å². The molecule has 1 atom stereocenters. The molecule has 1 aromatic carbocycles. The van der Waals surface area contributed by atoms with Crippen molar-refractivity contribution in [1.29, 1.82) is 0 Å². The zero-order valence-corrected chi connectivity index (χ0v) is 13.5. The van der Waals surface area contributed by atoms with E-state index in [0.29, 0.717) is 31.6 Å². The first-order chi connectivity index (χ1) is 11.5. The van der Waals surface area contributed by atoms with Gasteiger partial charge in [-0.25, -0.2) is 4.39 Å². The third kappa shape index (κ3) is 4.97. The molecule has 24 heavy (non-hydrogen) atoms. The number of halogens is 1. The van der Waals surface area contributed by atoms with Gasteiger partial charge in [0.15, 0.2) is 0 Å². The van der Waals surface area contributed by atoms with Crippen molar-refractivity contribution >= 4 is 11.6 Å². The zero-order chi connectivity index (χ0) is 17.5. The van der Waals surface area contributed by atoms with Crippen molar-refractivity contribution in [2.24, 2.45) is 5.73 Å². The molecular weight excluding hydrogens is 315 g/mol. The second kappa shape index (κ2) is 8.70. The number of nitro groups is 1. The predicted octanol–water partition coefficient (Wildman–Crippen LogP) is 1.55. The van der Waals surface area contributed by atoms with Crippen LogP contribution in [0, 0.1) is 15.9 Å². The van der Waals surface area contributed by atoms with Gasteiger partial charge in [0, 0.05) is 43.7 Å². The summed E-state index contributed by atoms with van der Waals surface area (Å²) < 4.78 is 14.1. The Balaban J connectivity index is 2.00. The van der Waals surface area contributed by atoms with Crippen LogP contribution in [-0.2, 0) is 11.3 Å². The largest absolute Gasteiger partial charge is 0.354 e. The molecule has 1 aliphatic heterocycles. The molecule has 1 aromatic rings. The number of rotatable bonds is 7. The number of benzene rings is 1. The van der Waals surface area contributed by atoms with Crippen LogP contribution in [0.15, 0.2) is 18.2 Å². The lowest BCUT2D eigenvalue weighted by Crippen LogP contribution is -2.46. The molecule has 0 saturated carbocycles. The average Bonchev–Trinajstić information content (AvgIpc) is 2.56. The lowest BCUT2D eigenvalue weighted by atomic mass is 10.0. The molecule has 0 aromatic heterocycles. The van der Waals surface area contributed by atoms with Gasteiger partial charge in [0.2, 0.25) is 5.91 Å². The molecule has 8 heteroatoms. The second-order valence-corrected chi connectivity index (χ2v) is 6.00. The number of nitrogens with zero attached hydrogens (tertiary/aromatic N) is 2. The van der Waals surface area contributed by atoms with Gasteiger partial charge in [-0.3, -0.25) is 19.8 Å². The first kappa shape index (κ1) is 18.3. The summed E-state index contributed by atoms with van der Waals surface area (Å²) in [5, 5.41) is 13.6. The number of nitrogens with one attached hydrogen (secondary N) is 1. The summed E-state index contributed by atoms with van der Waals surface area (Å²) in [4.78, 5) is 23.8. The number of nitro benzene ring substituents is 1. The first-order valence-corrected chi connectivity index (χ1v) is 8.15. The Hall–Kier alpha value is -2.06. The van der Waals surface area contributed by atoms with E-state index in [1.807, 2.05) is 0 Å². The van der Waals surface area contributed by atoms with Gasteiger partial charge in [-0.2, -0.15) is 0 Å². The summed E-state index contributed by atoms with van der Waals surface area (Å²) >= 11 is 0. The number of hydrogen-bond donors (Lipinski definition) is 2. The number of hydrogen-bond acceptors (Lipinski definition) is 5. The summed E-state index contributed by atoms with van der Waals surface area (Å²) in [6, 6.07) is 3.87. The van der Waals surface area contributed by atoms with Gasteiger partial charge in [0.25, 0.3) is 5.69 Å². The minimum Gasteiger partial charge on any atom is -0.354 e. The molecule has 0 aliphatic carbocycles. The summed E-state index contributed by atoms with van der Waals surface area (Å²) in [5.41, 5.74) is 5.54. The highest BCUT2D eigenvalue weighted by Gasteiger charge is 2.24. The molecule has 2 rings (SSSR count). The predicted molar refractivity (Wildman–Crippen MR) is 87.8 cm³/mol. The lowest BCUT2D eigenvalue weighted by molar-refractivity contribution is -0.385. The SMILES string of the molecule is NCCC(=O)NCC1CCCCN1Cc1ccc([N+](=O)[O-])cc1F. The van der Waals surface area contributed by atoms with E-state index in [2.05, 4.69) is 10.2 Å². The molecule has 0 spiro atoms. The highest BCUT2D eigenvalue weighted by Crippen LogP contribution is 2.22. The van der Waals surface area contributed by atoms with E-state index >= 15 is 0 Å². The number of carbonyl (C=O) groups excluding carboxylic acids is 1. The third-order valence-corrected chi connectivity index (χ3v) is 4.28.